The third-order valence-corrected chi connectivity index (χ3v) is 9.18. The maximum absolute atomic E-state index is 15.3. The van der Waals surface area contributed by atoms with Gasteiger partial charge in [0.25, 0.3) is 0 Å². The quantitative estimate of drug-likeness (QED) is 0.542. The fourth-order valence-electron chi connectivity index (χ4n) is 7.73. The van der Waals surface area contributed by atoms with Crippen molar-refractivity contribution in [1.82, 2.24) is 0 Å². The maximum Gasteiger partial charge on any atom is 0.190 e. The average molecular weight is 410 g/mol. The second kappa shape index (κ2) is 6.19. The summed E-state index contributed by atoms with van der Waals surface area (Å²) in [7, 11) is 0. The summed E-state index contributed by atoms with van der Waals surface area (Å²) in [6.45, 7) is 4.22. The normalized spacial score (nSPS) is 54.3. The highest BCUT2D eigenvalue weighted by molar-refractivity contribution is 5.92. The van der Waals surface area contributed by atoms with Gasteiger partial charge in [-0.05, 0) is 60.5 Å². The number of alkyl halides is 1. The van der Waals surface area contributed by atoms with Crippen LogP contribution >= 0.6 is 0 Å². The molecular weight excluding hydrogens is 379 g/mol. The number of allylic oxidation sites excluding steroid dienone is 1. The highest BCUT2D eigenvalue weighted by atomic mass is 19.1. The molecule has 0 spiro atoms. The highest BCUT2D eigenvalue weighted by Gasteiger charge is 2.77. The maximum atomic E-state index is 15.3. The van der Waals surface area contributed by atoms with Crippen LogP contribution in [-0.4, -0.2) is 62.1 Å². The molecule has 0 heterocycles. The minimum Gasteiger partial charge on any atom is -0.393 e. The third-order valence-electron chi connectivity index (χ3n) is 9.18. The molecule has 0 aromatic rings. The molecule has 0 saturated heterocycles. The Morgan fingerprint density at radius 1 is 1.28 bits per heavy atom. The van der Waals surface area contributed by atoms with Crippen LogP contribution in [0.5, 0.6) is 0 Å². The van der Waals surface area contributed by atoms with Crippen LogP contribution in [0.1, 0.15) is 52.9 Å². The standard InChI is InChI=1S/C22H31FO6/c1-11-8-21(28)14-7-15(23)13-6-12(25)4-5-19(13,2)18(14)16(26)9-20(21,3)22(11,29)17(27)10-24/h6,11,14-16,18,24,26,28-29H,4-5,7-10H2,1-3H3/t11-,14-,15+,16+,18-,19+,20+,21-,22+/m1/s1. The molecule has 0 aliphatic heterocycles. The highest BCUT2D eigenvalue weighted by Crippen LogP contribution is 2.70. The minimum absolute atomic E-state index is 0.0367. The van der Waals surface area contributed by atoms with Crippen molar-refractivity contribution < 1.29 is 34.4 Å². The molecule has 6 nitrogen and oxygen atoms in total. The topological polar surface area (TPSA) is 115 Å². The molecule has 4 aliphatic carbocycles. The molecule has 7 heteroatoms. The molecule has 9 atom stereocenters. The van der Waals surface area contributed by atoms with Gasteiger partial charge in [-0.25, -0.2) is 4.39 Å². The van der Waals surface area contributed by atoms with E-state index in [0.29, 0.717) is 12.0 Å². The van der Waals surface area contributed by atoms with Crippen LogP contribution in [-0.2, 0) is 9.59 Å². The Labute approximate surface area is 169 Å². The summed E-state index contributed by atoms with van der Waals surface area (Å²) in [5.41, 5.74) is -5.36. The number of carbonyl (C=O) groups is 2. The van der Waals surface area contributed by atoms with E-state index in [1.807, 2.05) is 6.92 Å². The Balaban J connectivity index is 1.86. The van der Waals surface area contributed by atoms with Crippen LogP contribution in [0, 0.1) is 28.6 Å². The number of hydrogen-bond donors (Lipinski definition) is 4. The van der Waals surface area contributed by atoms with Crippen LogP contribution in [0.2, 0.25) is 0 Å². The van der Waals surface area contributed by atoms with Gasteiger partial charge in [0.1, 0.15) is 18.4 Å². The van der Waals surface area contributed by atoms with Crippen molar-refractivity contribution in [3.8, 4) is 0 Å². The van der Waals surface area contributed by atoms with Gasteiger partial charge in [0, 0.05) is 11.8 Å². The SMILES string of the molecule is C[C@@H]1C[C@@]2(O)[C@@H]3C[C@H](F)C4=CC(=O)CC[C@]4(C)[C@H]3[C@@H](O)C[C@]2(C)[C@@]1(O)C(=O)CO. The predicted molar refractivity (Wildman–Crippen MR) is 101 cm³/mol. The molecule has 4 N–H and O–H groups in total. The van der Waals surface area contributed by atoms with Gasteiger partial charge < -0.3 is 20.4 Å². The molecule has 3 saturated carbocycles. The molecule has 4 rings (SSSR count). The summed E-state index contributed by atoms with van der Waals surface area (Å²) in [5.74, 6) is -2.71. The van der Waals surface area contributed by atoms with Crippen molar-refractivity contribution in [3.63, 3.8) is 0 Å². The van der Waals surface area contributed by atoms with E-state index in [9.17, 15) is 30.0 Å². The number of halogens is 1. The van der Waals surface area contributed by atoms with Crippen LogP contribution in [0.3, 0.4) is 0 Å². The van der Waals surface area contributed by atoms with E-state index in [-0.39, 0.29) is 31.5 Å². The van der Waals surface area contributed by atoms with Crippen molar-refractivity contribution in [2.24, 2.45) is 28.6 Å². The second-order valence-electron chi connectivity index (χ2n) is 10.3. The van der Waals surface area contributed by atoms with E-state index in [0.717, 1.165) is 0 Å². The van der Waals surface area contributed by atoms with E-state index in [1.165, 1.54) is 6.08 Å². The summed E-state index contributed by atoms with van der Waals surface area (Å²) in [5, 5.41) is 44.1. The lowest BCUT2D eigenvalue weighted by Gasteiger charge is -2.63. The van der Waals surface area contributed by atoms with Gasteiger partial charge in [0.05, 0.1) is 11.7 Å². The number of ketones is 2. The number of Topliss-reactive ketones (excluding diaryl/α,β-unsaturated/α-hetero) is 1. The number of aliphatic hydroxyl groups excluding tert-OH is 2. The van der Waals surface area contributed by atoms with E-state index in [1.54, 1.807) is 13.8 Å². The van der Waals surface area contributed by atoms with Gasteiger partial charge in [-0.1, -0.05) is 20.8 Å². The first-order valence-electron chi connectivity index (χ1n) is 10.5. The Hall–Kier alpha value is -1.15. The van der Waals surface area contributed by atoms with Gasteiger partial charge in [0.15, 0.2) is 11.6 Å². The van der Waals surface area contributed by atoms with Crippen molar-refractivity contribution in [2.45, 2.75) is 76.4 Å². The van der Waals surface area contributed by atoms with Gasteiger partial charge in [-0.2, -0.15) is 0 Å². The zero-order valence-corrected chi connectivity index (χ0v) is 17.2. The molecule has 4 aliphatic rings. The molecule has 0 radical (unpaired) electrons. The summed E-state index contributed by atoms with van der Waals surface area (Å²) in [6.07, 6.45) is -0.397. The van der Waals surface area contributed by atoms with E-state index in [4.69, 9.17) is 0 Å². The largest absolute Gasteiger partial charge is 0.393 e. The number of hydrogen-bond acceptors (Lipinski definition) is 6. The van der Waals surface area contributed by atoms with Crippen LogP contribution in [0.25, 0.3) is 0 Å². The molecular formula is C22H31FO6. The molecule has 3 fully saturated rings. The Morgan fingerprint density at radius 2 is 1.93 bits per heavy atom. The van der Waals surface area contributed by atoms with Crippen LogP contribution < -0.4 is 0 Å². The zero-order valence-electron chi connectivity index (χ0n) is 17.2. The Morgan fingerprint density at radius 3 is 2.55 bits per heavy atom. The summed E-state index contributed by atoms with van der Waals surface area (Å²) >= 11 is 0. The molecule has 162 valence electrons. The number of fused-ring (bicyclic) bond motifs is 5. The predicted octanol–water partition coefficient (Wildman–Crippen LogP) is 1.09. The van der Waals surface area contributed by atoms with Gasteiger partial charge in [-0.3, -0.25) is 9.59 Å². The lowest BCUT2D eigenvalue weighted by molar-refractivity contribution is -0.248. The van der Waals surface area contributed by atoms with Crippen LogP contribution in [0.4, 0.5) is 4.39 Å². The van der Waals surface area contributed by atoms with Crippen molar-refractivity contribution >= 4 is 11.6 Å². The first-order chi connectivity index (χ1) is 13.4. The van der Waals surface area contributed by atoms with E-state index >= 15 is 4.39 Å². The fraction of sp³-hybridized carbons (Fsp3) is 0.818. The van der Waals surface area contributed by atoms with E-state index in [2.05, 4.69) is 0 Å². The molecule has 0 aromatic heterocycles. The number of aliphatic hydroxyl groups is 4. The fourth-order valence-corrected chi connectivity index (χ4v) is 7.73. The van der Waals surface area contributed by atoms with Gasteiger partial charge in [-0.15, -0.1) is 0 Å². The van der Waals surface area contributed by atoms with E-state index < -0.39 is 64.5 Å². The third kappa shape index (κ3) is 2.30. The summed E-state index contributed by atoms with van der Waals surface area (Å²) in [6, 6.07) is 0. The summed E-state index contributed by atoms with van der Waals surface area (Å²) in [4.78, 5) is 24.5. The zero-order chi connectivity index (χ0) is 21.6. The van der Waals surface area contributed by atoms with Crippen molar-refractivity contribution in [3.05, 3.63) is 11.6 Å². The lowest BCUT2D eigenvalue weighted by Crippen LogP contribution is -2.70. The van der Waals surface area contributed by atoms with Gasteiger partial charge >= 0.3 is 0 Å². The first kappa shape index (κ1) is 21.1. The van der Waals surface area contributed by atoms with Crippen molar-refractivity contribution in [1.29, 1.82) is 0 Å². The number of carbonyl (C=O) groups excluding carboxylic acids is 2. The summed E-state index contributed by atoms with van der Waals surface area (Å²) < 4.78 is 15.3. The lowest BCUT2D eigenvalue weighted by atomic mass is 9.43. The number of rotatable bonds is 2. The smallest absolute Gasteiger partial charge is 0.190 e. The van der Waals surface area contributed by atoms with Crippen molar-refractivity contribution in [2.75, 3.05) is 6.61 Å². The molecule has 29 heavy (non-hydrogen) atoms. The molecule has 0 bridgehead atoms. The Bertz CT molecular complexity index is 796. The van der Waals surface area contributed by atoms with Crippen LogP contribution in [0.15, 0.2) is 11.6 Å². The average Bonchev–Trinajstić information content (AvgIpc) is 2.81. The van der Waals surface area contributed by atoms with Gasteiger partial charge in [0.2, 0.25) is 0 Å². The Kier molecular flexibility index (Phi) is 4.50. The first-order valence-corrected chi connectivity index (χ1v) is 10.5. The second-order valence-corrected chi connectivity index (χ2v) is 10.3. The molecule has 0 unspecified atom stereocenters. The minimum atomic E-state index is -2.01. The molecule has 0 aromatic carbocycles. The monoisotopic (exact) mass is 410 g/mol. The molecule has 0 amide bonds.